The van der Waals surface area contributed by atoms with E-state index < -0.39 is 0 Å². The van der Waals surface area contributed by atoms with Crippen LogP contribution in [0.2, 0.25) is 0 Å². The van der Waals surface area contributed by atoms with E-state index >= 15 is 0 Å². The third-order valence-corrected chi connectivity index (χ3v) is 5.38. The van der Waals surface area contributed by atoms with Crippen LogP contribution in [0.15, 0.2) is 53.9 Å². The molecule has 0 bridgehead atoms. The van der Waals surface area contributed by atoms with Crippen LogP contribution >= 0.6 is 11.3 Å². The number of ether oxygens (including phenoxy) is 2. The molecule has 1 amide bonds. The predicted molar refractivity (Wildman–Crippen MR) is 121 cm³/mol. The molecule has 10 heteroatoms. The van der Waals surface area contributed by atoms with Crippen LogP contribution in [0.5, 0.6) is 11.5 Å². The Kier molecular flexibility index (Phi) is 6.41. The first-order chi connectivity index (χ1) is 15.5. The highest BCUT2D eigenvalue weighted by atomic mass is 32.1. The lowest BCUT2D eigenvalue weighted by Gasteiger charge is -2.10. The first kappa shape index (κ1) is 21.4. The van der Waals surface area contributed by atoms with Crippen LogP contribution in [-0.2, 0) is 6.61 Å². The highest BCUT2D eigenvalue weighted by molar-refractivity contribution is 7.14. The van der Waals surface area contributed by atoms with Crippen molar-refractivity contribution in [2.45, 2.75) is 26.5 Å². The van der Waals surface area contributed by atoms with Crippen LogP contribution in [-0.4, -0.2) is 38.2 Å². The number of benzene rings is 2. The first-order valence-corrected chi connectivity index (χ1v) is 10.8. The van der Waals surface area contributed by atoms with Crippen LogP contribution in [0.4, 0.5) is 5.13 Å². The van der Waals surface area contributed by atoms with Gasteiger partial charge in [0.25, 0.3) is 5.91 Å². The summed E-state index contributed by atoms with van der Waals surface area (Å²) in [5, 5.41) is 16.9. The molecule has 0 unspecified atom stereocenters. The predicted octanol–water partition coefficient (Wildman–Crippen LogP) is 4.22. The van der Waals surface area contributed by atoms with Gasteiger partial charge in [0, 0.05) is 16.5 Å². The van der Waals surface area contributed by atoms with Crippen LogP contribution in [0.1, 0.15) is 36.1 Å². The molecular formula is C22H22N6O3S. The zero-order valence-corrected chi connectivity index (χ0v) is 18.7. The Morgan fingerprint density at radius 1 is 1.16 bits per heavy atom. The van der Waals surface area contributed by atoms with Gasteiger partial charge in [-0.05, 0) is 66.7 Å². The number of tetrazole rings is 1. The monoisotopic (exact) mass is 450 g/mol. The van der Waals surface area contributed by atoms with Gasteiger partial charge in [-0.15, -0.1) is 16.4 Å². The molecule has 2 aromatic carbocycles. The van der Waals surface area contributed by atoms with Gasteiger partial charge < -0.3 is 9.47 Å². The van der Waals surface area contributed by atoms with Gasteiger partial charge in [-0.3, -0.25) is 10.1 Å². The smallest absolute Gasteiger partial charge is 0.257 e. The maximum absolute atomic E-state index is 12.7. The van der Waals surface area contributed by atoms with Gasteiger partial charge in [0.15, 0.2) is 11.0 Å². The molecule has 0 atom stereocenters. The fourth-order valence-electron chi connectivity index (χ4n) is 2.98. The molecule has 0 aliphatic carbocycles. The number of thiazole rings is 1. The average Bonchev–Trinajstić information content (AvgIpc) is 3.48. The van der Waals surface area contributed by atoms with Crippen molar-refractivity contribution >= 4 is 22.4 Å². The Morgan fingerprint density at radius 3 is 2.72 bits per heavy atom. The molecule has 0 saturated heterocycles. The van der Waals surface area contributed by atoms with Gasteiger partial charge in [0.1, 0.15) is 18.1 Å². The van der Waals surface area contributed by atoms with Crippen LogP contribution in [0.3, 0.4) is 0 Å². The summed E-state index contributed by atoms with van der Waals surface area (Å²) in [5.41, 5.74) is 2.20. The van der Waals surface area contributed by atoms with E-state index in [0.29, 0.717) is 22.3 Å². The lowest BCUT2D eigenvalue weighted by atomic mass is 10.2. The Labute approximate surface area is 189 Å². The van der Waals surface area contributed by atoms with Crippen molar-refractivity contribution in [3.8, 4) is 22.8 Å². The van der Waals surface area contributed by atoms with Gasteiger partial charge in [-0.25, -0.2) is 9.67 Å². The second-order valence-electron chi connectivity index (χ2n) is 7.17. The molecule has 0 radical (unpaired) electrons. The topological polar surface area (TPSA) is 104 Å². The van der Waals surface area contributed by atoms with Crippen molar-refractivity contribution in [3.63, 3.8) is 0 Å². The fraction of sp³-hybridized carbons (Fsp3) is 0.227. The van der Waals surface area contributed by atoms with Gasteiger partial charge in [-0.2, -0.15) is 0 Å². The second-order valence-corrected chi connectivity index (χ2v) is 8.03. The normalized spacial score (nSPS) is 10.9. The number of nitrogens with zero attached hydrogens (tertiary/aromatic N) is 5. The Morgan fingerprint density at radius 2 is 1.97 bits per heavy atom. The first-order valence-electron chi connectivity index (χ1n) is 9.94. The maximum atomic E-state index is 12.7. The zero-order valence-electron chi connectivity index (χ0n) is 17.8. The summed E-state index contributed by atoms with van der Waals surface area (Å²) in [7, 11) is 1.63. The number of rotatable bonds is 8. The lowest BCUT2D eigenvalue weighted by Crippen LogP contribution is -2.12. The summed E-state index contributed by atoms with van der Waals surface area (Å²) in [6.45, 7) is 4.18. The molecule has 9 nitrogen and oxygen atoms in total. The quantitative estimate of drug-likeness (QED) is 0.429. The van der Waals surface area contributed by atoms with E-state index in [1.807, 2.05) is 43.5 Å². The van der Waals surface area contributed by atoms with E-state index in [4.69, 9.17) is 9.47 Å². The number of hydrogen-bond acceptors (Lipinski definition) is 8. The third-order valence-electron chi connectivity index (χ3n) is 4.62. The number of anilines is 1. The molecule has 2 aromatic heterocycles. The third kappa shape index (κ3) is 4.92. The number of carbonyl (C=O) groups excluding carboxylic acids is 1. The van der Waals surface area contributed by atoms with Crippen LogP contribution in [0.25, 0.3) is 11.3 Å². The molecule has 2 heterocycles. The fourth-order valence-corrected chi connectivity index (χ4v) is 3.69. The minimum atomic E-state index is -0.266. The average molecular weight is 451 g/mol. The summed E-state index contributed by atoms with van der Waals surface area (Å²) in [5.74, 6) is 1.68. The Hall–Kier alpha value is -3.79. The minimum Gasteiger partial charge on any atom is -0.497 e. The molecule has 164 valence electrons. The standard InChI is InChI=1S/C22H22N6O3S/c1-14(2)28-20(25-26-27-28)12-31-18-6-4-5-16(11-18)21(29)24-22-23-19(13-32-22)15-7-9-17(30-3)10-8-15/h4-11,13-14H,12H2,1-3H3,(H,23,24,29). The molecule has 32 heavy (non-hydrogen) atoms. The Bertz CT molecular complexity index is 1200. The van der Waals surface area contributed by atoms with Crippen molar-refractivity contribution in [1.29, 1.82) is 0 Å². The SMILES string of the molecule is COc1ccc(-c2csc(NC(=O)c3cccc(OCc4nnnn4C(C)C)c3)n2)cc1. The maximum Gasteiger partial charge on any atom is 0.257 e. The minimum absolute atomic E-state index is 0.127. The van der Waals surface area contributed by atoms with Gasteiger partial charge in [0.05, 0.1) is 18.8 Å². The van der Waals surface area contributed by atoms with Crippen molar-refractivity contribution in [2.24, 2.45) is 0 Å². The number of hydrogen-bond donors (Lipinski definition) is 1. The molecule has 0 aliphatic rings. The second kappa shape index (κ2) is 9.56. The van der Waals surface area contributed by atoms with Crippen molar-refractivity contribution in [1.82, 2.24) is 25.2 Å². The summed E-state index contributed by atoms with van der Waals surface area (Å²) in [6, 6.07) is 14.7. The van der Waals surface area contributed by atoms with Gasteiger partial charge in [0.2, 0.25) is 0 Å². The summed E-state index contributed by atoms with van der Waals surface area (Å²) in [6.07, 6.45) is 0. The highest BCUT2D eigenvalue weighted by Gasteiger charge is 2.13. The number of aromatic nitrogens is 5. The largest absolute Gasteiger partial charge is 0.497 e. The molecule has 1 N–H and O–H groups in total. The Balaban J connectivity index is 1.40. The van der Waals surface area contributed by atoms with E-state index in [1.54, 1.807) is 36.1 Å². The molecule has 0 saturated carbocycles. The zero-order chi connectivity index (χ0) is 22.5. The summed E-state index contributed by atoms with van der Waals surface area (Å²) >= 11 is 1.36. The highest BCUT2D eigenvalue weighted by Crippen LogP contribution is 2.27. The summed E-state index contributed by atoms with van der Waals surface area (Å²) < 4.78 is 12.7. The van der Waals surface area contributed by atoms with Crippen molar-refractivity contribution in [2.75, 3.05) is 12.4 Å². The number of amides is 1. The lowest BCUT2D eigenvalue weighted by molar-refractivity contribution is 0.102. The molecular weight excluding hydrogens is 428 g/mol. The van der Waals surface area contributed by atoms with Crippen LogP contribution < -0.4 is 14.8 Å². The molecule has 4 aromatic rings. The molecule has 0 fully saturated rings. The van der Waals surface area contributed by atoms with Crippen molar-refractivity contribution in [3.05, 3.63) is 65.3 Å². The number of carbonyl (C=O) groups is 1. The summed E-state index contributed by atoms with van der Waals surface area (Å²) in [4.78, 5) is 17.2. The van der Waals surface area contributed by atoms with E-state index in [-0.39, 0.29) is 18.6 Å². The molecule has 0 spiro atoms. The number of methoxy groups -OCH3 is 1. The van der Waals surface area contributed by atoms with Crippen LogP contribution in [0, 0.1) is 0 Å². The van der Waals surface area contributed by atoms with Crippen molar-refractivity contribution < 1.29 is 14.3 Å². The molecule has 0 aliphatic heterocycles. The van der Waals surface area contributed by atoms with Gasteiger partial charge in [-0.1, -0.05) is 6.07 Å². The van der Waals surface area contributed by atoms with Gasteiger partial charge >= 0.3 is 0 Å². The van der Waals surface area contributed by atoms with E-state index in [0.717, 1.165) is 17.0 Å². The number of nitrogens with one attached hydrogen (secondary N) is 1. The van der Waals surface area contributed by atoms with E-state index in [2.05, 4.69) is 25.8 Å². The molecule has 4 rings (SSSR count). The van der Waals surface area contributed by atoms with E-state index in [1.165, 1.54) is 11.3 Å². The van der Waals surface area contributed by atoms with E-state index in [9.17, 15) is 4.79 Å².